The summed E-state index contributed by atoms with van der Waals surface area (Å²) in [6.07, 6.45) is 5.62. The van der Waals surface area contributed by atoms with Crippen molar-refractivity contribution >= 4 is 0 Å². The summed E-state index contributed by atoms with van der Waals surface area (Å²) in [7, 11) is 0. The first-order chi connectivity index (χ1) is 6.79. The van der Waals surface area contributed by atoms with Crippen LogP contribution in [0.15, 0.2) is 0 Å². The van der Waals surface area contributed by atoms with Crippen LogP contribution >= 0.6 is 0 Å². The lowest BCUT2D eigenvalue weighted by Crippen LogP contribution is -2.38. The van der Waals surface area contributed by atoms with Crippen molar-refractivity contribution in [1.82, 2.24) is 4.90 Å². The van der Waals surface area contributed by atoms with Crippen molar-refractivity contribution in [2.45, 2.75) is 50.9 Å². The van der Waals surface area contributed by atoms with Gasteiger partial charge in [0, 0.05) is 12.6 Å². The Bertz CT molecular complexity index is 186. The Hall–Kier alpha value is -0.120. The highest BCUT2D eigenvalue weighted by atomic mass is 16.5. The Morgan fingerprint density at radius 2 is 2.21 bits per heavy atom. The third-order valence-electron chi connectivity index (χ3n) is 3.47. The summed E-state index contributed by atoms with van der Waals surface area (Å²) in [6.45, 7) is 4.62. The Labute approximate surface area is 86.0 Å². The lowest BCUT2D eigenvalue weighted by molar-refractivity contribution is 0.0231. The second-order valence-corrected chi connectivity index (χ2v) is 4.62. The van der Waals surface area contributed by atoms with Gasteiger partial charge in [0.1, 0.15) is 0 Å². The minimum absolute atomic E-state index is 0.308. The average molecular weight is 199 g/mol. The molecule has 3 heteroatoms. The Kier molecular flexibility index (Phi) is 3.42. The van der Waals surface area contributed by atoms with E-state index in [1.807, 2.05) is 0 Å². The SMILES string of the molecule is CC1CCC(CN2CCC[C@@H]2CO)O1. The third-order valence-corrected chi connectivity index (χ3v) is 3.47. The fourth-order valence-corrected chi connectivity index (χ4v) is 2.62. The van der Waals surface area contributed by atoms with E-state index in [1.165, 1.54) is 19.3 Å². The van der Waals surface area contributed by atoms with Crippen LogP contribution in [0.2, 0.25) is 0 Å². The molecule has 0 amide bonds. The molecule has 2 heterocycles. The standard InChI is InChI=1S/C11H21NO2/c1-9-4-5-11(14-9)7-12-6-2-3-10(12)8-13/h9-11,13H,2-8H2,1H3/t9?,10-,11?/m1/s1. The van der Waals surface area contributed by atoms with E-state index in [0.717, 1.165) is 19.5 Å². The molecule has 3 atom stereocenters. The van der Waals surface area contributed by atoms with Crippen LogP contribution in [0.3, 0.4) is 0 Å². The number of hydrogen-bond donors (Lipinski definition) is 1. The number of likely N-dealkylation sites (tertiary alicyclic amines) is 1. The molecule has 82 valence electrons. The number of nitrogens with zero attached hydrogens (tertiary/aromatic N) is 1. The molecule has 2 aliphatic heterocycles. The molecule has 2 fully saturated rings. The molecule has 2 rings (SSSR count). The molecule has 0 aliphatic carbocycles. The van der Waals surface area contributed by atoms with Gasteiger partial charge in [0.15, 0.2) is 0 Å². The lowest BCUT2D eigenvalue weighted by Gasteiger charge is -2.25. The highest BCUT2D eigenvalue weighted by Crippen LogP contribution is 2.23. The summed E-state index contributed by atoms with van der Waals surface area (Å²) in [5.74, 6) is 0. The maximum Gasteiger partial charge on any atom is 0.0706 e. The van der Waals surface area contributed by atoms with Crippen molar-refractivity contribution in [3.63, 3.8) is 0 Å². The predicted octanol–water partition coefficient (Wildman–Crippen LogP) is 1.01. The zero-order chi connectivity index (χ0) is 9.97. The molecule has 0 radical (unpaired) electrons. The van der Waals surface area contributed by atoms with Crippen LogP contribution in [0, 0.1) is 0 Å². The molecule has 1 N–H and O–H groups in total. The second-order valence-electron chi connectivity index (χ2n) is 4.62. The lowest BCUT2D eigenvalue weighted by atomic mass is 10.2. The monoisotopic (exact) mass is 199 g/mol. The normalized spacial score (nSPS) is 39.4. The quantitative estimate of drug-likeness (QED) is 0.736. The van der Waals surface area contributed by atoms with E-state index in [-0.39, 0.29) is 0 Å². The first-order valence-electron chi connectivity index (χ1n) is 5.80. The minimum Gasteiger partial charge on any atom is -0.395 e. The Morgan fingerprint density at radius 3 is 2.86 bits per heavy atom. The van der Waals surface area contributed by atoms with Crippen LogP contribution in [0.25, 0.3) is 0 Å². The number of aliphatic hydroxyl groups excluding tert-OH is 1. The molecule has 0 bridgehead atoms. The van der Waals surface area contributed by atoms with Gasteiger partial charge in [0.05, 0.1) is 18.8 Å². The molecule has 0 aromatic heterocycles. The second kappa shape index (κ2) is 4.60. The van der Waals surface area contributed by atoms with Gasteiger partial charge in [-0.05, 0) is 39.2 Å². The summed E-state index contributed by atoms with van der Waals surface area (Å²) in [4.78, 5) is 2.39. The first-order valence-corrected chi connectivity index (χ1v) is 5.80. The van der Waals surface area contributed by atoms with Crippen LogP contribution in [0.1, 0.15) is 32.6 Å². The van der Waals surface area contributed by atoms with Crippen molar-refractivity contribution in [1.29, 1.82) is 0 Å². The fourth-order valence-electron chi connectivity index (χ4n) is 2.62. The number of ether oxygens (including phenoxy) is 1. The molecule has 0 aromatic rings. The summed E-state index contributed by atoms with van der Waals surface area (Å²) < 4.78 is 5.79. The van der Waals surface area contributed by atoms with E-state index >= 15 is 0 Å². The molecular formula is C11H21NO2. The van der Waals surface area contributed by atoms with Crippen LogP contribution in [0.4, 0.5) is 0 Å². The number of rotatable bonds is 3. The van der Waals surface area contributed by atoms with Crippen molar-refractivity contribution in [3.05, 3.63) is 0 Å². The third kappa shape index (κ3) is 2.27. The van der Waals surface area contributed by atoms with Gasteiger partial charge in [-0.2, -0.15) is 0 Å². The number of aliphatic hydroxyl groups is 1. The largest absolute Gasteiger partial charge is 0.395 e. The smallest absolute Gasteiger partial charge is 0.0706 e. The Morgan fingerprint density at radius 1 is 1.36 bits per heavy atom. The molecule has 14 heavy (non-hydrogen) atoms. The summed E-state index contributed by atoms with van der Waals surface area (Å²) in [6, 6.07) is 0.398. The summed E-state index contributed by atoms with van der Waals surface area (Å²) >= 11 is 0. The van der Waals surface area contributed by atoms with E-state index in [2.05, 4.69) is 11.8 Å². The van der Waals surface area contributed by atoms with E-state index in [0.29, 0.717) is 24.9 Å². The Balaban J connectivity index is 1.79. The van der Waals surface area contributed by atoms with Gasteiger partial charge < -0.3 is 9.84 Å². The highest BCUT2D eigenvalue weighted by molar-refractivity contribution is 4.82. The average Bonchev–Trinajstić information content (AvgIpc) is 2.76. The molecule has 2 aliphatic rings. The van der Waals surface area contributed by atoms with Gasteiger partial charge in [-0.15, -0.1) is 0 Å². The fraction of sp³-hybridized carbons (Fsp3) is 1.00. The molecule has 0 spiro atoms. The summed E-state index contributed by atoms with van der Waals surface area (Å²) in [5, 5.41) is 9.18. The highest BCUT2D eigenvalue weighted by Gasteiger charge is 2.29. The zero-order valence-corrected chi connectivity index (χ0v) is 8.98. The topological polar surface area (TPSA) is 32.7 Å². The maximum atomic E-state index is 9.18. The van der Waals surface area contributed by atoms with Crippen molar-refractivity contribution in [2.24, 2.45) is 0 Å². The maximum absolute atomic E-state index is 9.18. The van der Waals surface area contributed by atoms with E-state index < -0.39 is 0 Å². The van der Waals surface area contributed by atoms with Crippen molar-refractivity contribution in [2.75, 3.05) is 19.7 Å². The van der Waals surface area contributed by atoms with E-state index in [4.69, 9.17) is 4.74 Å². The summed E-state index contributed by atoms with van der Waals surface area (Å²) in [5.41, 5.74) is 0. The minimum atomic E-state index is 0.308. The molecule has 3 nitrogen and oxygen atoms in total. The molecular weight excluding hydrogens is 178 g/mol. The first kappa shape index (κ1) is 10.4. The van der Waals surface area contributed by atoms with Gasteiger partial charge in [0.2, 0.25) is 0 Å². The predicted molar refractivity (Wildman–Crippen MR) is 55.2 cm³/mol. The molecule has 0 aromatic carbocycles. The van der Waals surface area contributed by atoms with Gasteiger partial charge in [-0.3, -0.25) is 4.90 Å². The van der Waals surface area contributed by atoms with Crippen molar-refractivity contribution in [3.8, 4) is 0 Å². The van der Waals surface area contributed by atoms with Gasteiger partial charge in [-0.25, -0.2) is 0 Å². The van der Waals surface area contributed by atoms with Gasteiger partial charge in [0.25, 0.3) is 0 Å². The van der Waals surface area contributed by atoms with E-state index in [1.54, 1.807) is 0 Å². The van der Waals surface area contributed by atoms with Crippen LogP contribution in [0.5, 0.6) is 0 Å². The molecule has 0 saturated carbocycles. The molecule has 2 unspecified atom stereocenters. The molecule has 2 saturated heterocycles. The van der Waals surface area contributed by atoms with E-state index in [9.17, 15) is 5.11 Å². The number of hydrogen-bond acceptors (Lipinski definition) is 3. The zero-order valence-electron chi connectivity index (χ0n) is 8.98. The van der Waals surface area contributed by atoms with Crippen LogP contribution in [-0.2, 0) is 4.74 Å². The van der Waals surface area contributed by atoms with Gasteiger partial charge >= 0.3 is 0 Å². The van der Waals surface area contributed by atoms with Gasteiger partial charge in [-0.1, -0.05) is 0 Å². The van der Waals surface area contributed by atoms with Crippen LogP contribution in [-0.4, -0.2) is 48.0 Å². The van der Waals surface area contributed by atoms with Crippen molar-refractivity contribution < 1.29 is 9.84 Å². The van der Waals surface area contributed by atoms with Crippen LogP contribution < -0.4 is 0 Å².